The van der Waals surface area contributed by atoms with Crippen molar-refractivity contribution in [3.05, 3.63) is 0 Å². The average molecular weight is 200 g/mol. The molecule has 1 saturated carbocycles. The SMILES string of the molecule is CNC(=O)COC1CCC(=NO)CC1. The van der Waals surface area contributed by atoms with Crippen LogP contribution in [0, 0.1) is 0 Å². The summed E-state index contributed by atoms with van der Waals surface area (Å²) in [7, 11) is 1.59. The summed E-state index contributed by atoms with van der Waals surface area (Å²) in [6, 6.07) is 0. The summed E-state index contributed by atoms with van der Waals surface area (Å²) in [4.78, 5) is 10.9. The number of hydrogen-bond donors (Lipinski definition) is 2. The van der Waals surface area contributed by atoms with Crippen molar-refractivity contribution in [2.75, 3.05) is 13.7 Å². The zero-order valence-electron chi connectivity index (χ0n) is 8.32. The van der Waals surface area contributed by atoms with Crippen LogP contribution in [-0.4, -0.2) is 36.6 Å². The molecule has 80 valence electrons. The van der Waals surface area contributed by atoms with Crippen LogP contribution in [0.15, 0.2) is 5.16 Å². The third-order valence-corrected chi connectivity index (χ3v) is 2.38. The van der Waals surface area contributed by atoms with Gasteiger partial charge in [0.1, 0.15) is 6.61 Å². The third kappa shape index (κ3) is 3.33. The highest BCUT2D eigenvalue weighted by molar-refractivity contribution is 5.84. The number of carbonyl (C=O) groups is 1. The molecule has 0 bridgehead atoms. The predicted molar refractivity (Wildman–Crippen MR) is 51.5 cm³/mol. The topological polar surface area (TPSA) is 70.9 Å². The monoisotopic (exact) mass is 200 g/mol. The van der Waals surface area contributed by atoms with Gasteiger partial charge in [0.2, 0.25) is 5.91 Å². The van der Waals surface area contributed by atoms with Crippen molar-refractivity contribution >= 4 is 11.6 Å². The fraction of sp³-hybridized carbons (Fsp3) is 0.778. The minimum atomic E-state index is -0.105. The Labute approximate surface area is 83.1 Å². The molecule has 0 heterocycles. The normalized spacial score (nSPS) is 21.8. The number of nitrogens with one attached hydrogen (secondary N) is 1. The summed E-state index contributed by atoms with van der Waals surface area (Å²) >= 11 is 0. The average Bonchev–Trinajstić information content (AvgIpc) is 2.26. The molecule has 0 aliphatic heterocycles. The molecule has 0 aromatic heterocycles. The van der Waals surface area contributed by atoms with E-state index >= 15 is 0 Å². The summed E-state index contributed by atoms with van der Waals surface area (Å²) in [5, 5.41) is 14.2. The van der Waals surface area contributed by atoms with Crippen molar-refractivity contribution in [1.82, 2.24) is 5.32 Å². The van der Waals surface area contributed by atoms with Crippen LogP contribution < -0.4 is 5.32 Å². The van der Waals surface area contributed by atoms with E-state index in [2.05, 4.69) is 10.5 Å². The Morgan fingerprint density at radius 3 is 2.79 bits per heavy atom. The van der Waals surface area contributed by atoms with Gasteiger partial charge in [0.15, 0.2) is 0 Å². The van der Waals surface area contributed by atoms with Crippen LogP contribution in [-0.2, 0) is 9.53 Å². The van der Waals surface area contributed by atoms with Gasteiger partial charge >= 0.3 is 0 Å². The van der Waals surface area contributed by atoms with Gasteiger partial charge in [-0.1, -0.05) is 5.16 Å². The molecular weight excluding hydrogens is 184 g/mol. The molecule has 1 aliphatic rings. The van der Waals surface area contributed by atoms with Crippen LogP contribution in [0.25, 0.3) is 0 Å². The van der Waals surface area contributed by atoms with Crippen LogP contribution >= 0.6 is 0 Å². The summed E-state index contributed by atoms with van der Waals surface area (Å²) in [6.07, 6.45) is 3.30. The van der Waals surface area contributed by atoms with Crippen molar-refractivity contribution in [2.24, 2.45) is 5.16 Å². The van der Waals surface area contributed by atoms with Gasteiger partial charge in [0.05, 0.1) is 11.8 Å². The van der Waals surface area contributed by atoms with E-state index in [1.54, 1.807) is 7.05 Å². The van der Waals surface area contributed by atoms with Crippen LogP contribution in [0.1, 0.15) is 25.7 Å². The molecule has 1 fully saturated rings. The number of oxime groups is 1. The van der Waals surface area contributed by atoms with E-state index in [1.807, 2.05) is 0 Å². The lowest BCUT2D eigenvalue weighted by Gasteiger charge is -2.22. The number of hydrogen-bond acceptors (Lipinski definition) is 4. The molecule has 0 aromatic carbocycles. The van der Waals surface area contributed by atoms with Crippen LogP contribution in [0.4, 0.5) is 0 Å². The molecule has 1 aliphatic carbocycles. The molecule has 1 rings (SSSR count). The number of likely N-dealkylation sites (N-methyl/N-ethyl adjacent to an activating group) is 1. The molecule has 1 amide bonds. The second kappa shape index (κ2) is 5.59. The molecule has 0 spiro atoms. The van der Waals surface area contributed by atoms with Gasteiger partial charge < -0.3 is 15.3 Å². The summed E-state index contributed by atoms with van der Waals surface area (Å²) in [5.41, 5.74) is 0.824. The van der Waals surface area contributed by atoms with Crippen molar-refractivity contribution < 1.29 is 14.7 Å². The summed E-state index contributed by atoms with van der Waals surface area (Å²) in [5.74, 6) is -0.105. The first kappa shape index (κ1) is 11.0. The van der Waals surface area contributed by atoms with E-state index < -0.39 is 0 Å². The Morgan fingerprint density at radius 2 is 2.29 bits per heavy atom. The Bertz CT molecular complexity index is 218. The minimum absolute atomic E-state index is 0.105. The van der Waals surface area contributed by atoms with Gasteiger partial charge in [-0.25, -0.2) is 0 Å². The summed E-state index contributed by atoms with van der Waals surface area (Å²) in [6.45, 7) is 0.118. The van der Waals surface area contributed by atoms with Gasteiger partial charge in [-0.2, -0.15) is 0 Å². The number of ether oxygens (including phenoxy) is 1. The maximum absolute atomic E-state index is 10.9. The number of rotatable bonds is 3. The molecule has 0 aromatic rings. The first-order chi connectivity index (χ1) is 6.76. The van der Waals surface area contributed by atoms with E-state index in [0.29, 0.717) is 0 Å². The van der Waals surface area contributed by atoms with Gasteiger partial charge in [0, 0.05) is 7.05 Å². The van der Waals surface area contributed by atoms with Crippen LogP contribution in [0.3, 0.4) is 0 Å². The molecule has 5 nitrogen and oxygen atoms in total. The number of nitrogens with zero attached hydrogens (tertiary/aromatic N) is 1. The molecular formula is C9H16N2O3. The lowest BCUT2D eigenvalue weighted by molar-refractivity contribution is -0.127. The predicted octanol–water partition coefficient (Wildman–Crippen LogP) is 0.522. The lowest BCUT2D eigenvalue weighted by atomic mass is 9.96. The highest BCUT2D eigenvalue weighted by Gasteiger charge is 2.18. The van der Waals surface area contributed by atoms with Crippen molar-refractivity contribution in [3.63, 3.8) is 0 Å². The maximum Gasteiger partial charge on any atom is 0.245 e. The van der Waals surface area contributed by atoms with E-state index in [-0.39, 0.29) is 18.6 Å². The number of carbonyl (C=O) groups excluding carboxylic acids is 1. The highest BCUT2D eigenvalue weighted by atomic mass is 16.5. The van der Waals surface area contributed by atoms with Crippen molar-refractivity contribution in [1.29, 1.82) is 0 Å². The van der Waals surface area contributed by atoms with Crippen molar-refractivity contribution in [3.8, 4) is 0 Å². The largest absolute Gasteiger partial charge is 0.411 e. The van der Waals surface area contributed by atoms with E-state index in [4.69, 9.17) is 9.94 Å². The fourth-order valence-electron chi connectivity index (χ4n) is 1.46. The van der Waals surface area contributed by atoms with Gasteiger partial charge in [-0.15, -0.1) is 0 Å². The zero-order chi connectivity index (χ0) is 10.4. The fourth-order valence-corrected chi connectivity index (χ4v) is 1.46. The molecule has 0 unspecified atom stereocenters. The Morgan fingerprint density at radius 1 is 1.64 bits per heavy atom. The van der Waals surface area contributed by atoms with Crippen LogP contribution in [0.2, 0.25) is 0 Å². The molecule has 0 saturated heterocycles. The molecule has 2 N–H and O–H groups in total. The minimum Gasteiger partial charge on any atom is -0.411 e. The first-order valence-electron chi connectivity index (χ1n) is 4.78. The number of amides is 1. The standard InChI is InChI=1S/C9H16N2O3/c1-10-9(12)6-14-8-4-2-7(11-13)3-5-8/h8,13H,2-6H2,1H3,(H,10,12). The Hall–Kier alpha value is -1.10. The van der Waals surface area contributed by atoms with Gasteiger partial charge in [-0.05, 0) is 25.7 Å². The lowest BCUT2D eigenvalue weighted by Crippen LogP contribution is -2.29. The Kier molecular flexibility index (Phi) is 4.39. The third-order valence-electron chi connectivity index (χ3n) is 2.38. The molecule has 0 atom stereocenters. The second-order valence-electron chi connectivity index (χ2n) is 3.35. The van der Waals surface area contributed by atoms with Crippen LogP contribution in [0.5, 0.6) is 0 Å². The maximum atomic E-state index is 10.9. The highest BCUT2D eigenvalue weighted by Crippen LogP contribution is 2.18. The van der Waals surface area contributed by atoms with E-state index in [0.717, 1.165) is 31.4 Å². The quantitative estimate of drug-likeness (QED) is 0.515. The first-order valence-corrected chi connectivity index (χ1v) is 4.78. The zero-order valence-corrected chi connectivity index (χ0v) is 8.32. The van der Waals surface area contributed by atoms with Gasteiger partial charge in [0.25, 0.3) is 0 Å². The Balaban J connectivity index is 2.19. The smallest absolute Gasteiger partial charge is 0.245 e. The second-order valence-corrected chi connectivity index (χ2v) is 3.35. The molecule has 14 heavy (non-hydrogen) atoms. The van der Waals surface area contributed by atoms with E-state index in [9.17, 15) is 4.79 Å². The molecule has 5 heteroatoms. The van der Waals surface area contributed by atoms with Gasteiger partial charge in [-0.3, -0.25) is 4.79 Å². The summed E-state index contributed by atoms with van der Waals surface area (Å²) < 4.78 is 5.38. The van der Waals surface area contributed by atoms with Crippen molar-refractivity contribution in [2.45, 2.75) is 31.8 Å². The van der Waals surface area contributed by atoms with E-state index in [1.165, 1.54) is 0 Å². The molecule has 0 radical (unpaired) electrons.